The lowest BCUT2D eigenvalue weighted by atomic mass is 10.2. The third-order valence-electron chi connectivity index (χ3n) is 2.11. The zero-order valence-corrected chi connectivity index (χ0v) is 8.19. The van der Waals surface area contributed by atoms with Gasteiger partial charge in [0.2, 0.25) is 0 Å². The zero-order chi connectivity index (χ0) is 10.8. The molecule has 0 amide bonds. The van der Waals surface area contributed by atoms with Crippen LogP contribution in [-0.2, 0) is 4.79 Å². The van der Waals surface area contributed by atoms with Crippen molar-refractivity contribution in [1.82, 2.24) is 0 Å². The number of fused-ring (bicyclic) bond motifs is 1. The van der Waals surface area contributed by atoms with Gasteiger partial charge in [0.25, 0.3) is 0 Å². The molecule has 1 heterocycles. The van der Waals surface area contributed by atoms with E-state index in [-0.39, 0.29) is 6.61 Å². The van der Waals surface area contributed by atoms with Crippen molar-refractivity contribution in [2.45, 2.75) is 6.92 Å². The number of carboxylic acids is 1. The largest absolute Gasteiger partial charge is 0.479 e. The van der Waals surface area contributed by atoms with Crippen molar-refractivity contribution in [2.24, 2.45) is 0 Å². The van der Waals surface area contributed by atoms with Gasteiger partial charge < -0.3 is 14.3 Å². The van der Waals surface area contributed by atoms with Crippen molar-refractivity contribution in [3.63, 3.8) is 0 Å². The van der Waals surface area contributed by atoms with E-state index in [2.05, 4.69) is 0 Å². The first-order valence-corrected chi connectivity index (χ1v) is 4.50. The maximum atomic E-state index is 10.4. The van der Waals surface area contributed by atoms with Crippen LogP contribution in [0.25, 0.3) is 11.0 Å². The first-order chi connectivity index (χ1) is 7.18. The molecule has 0 aliphatic rings. The lowest BCUT2D eigenvalue weighted by molar-refractivity contribution is -0.139. The Labute approximate surface area is 86.1 Å². The molecule has 4 heteroatoms. The number of hydrogen-bond donors (Lipinski definition) is 1. The van der Waals surface area contributed by atoms with Crippen LogP contribution in [0.15, 0.2) is 28.9 Å². The topological polar surface area (TPSA) is 59.7 Å². The smallest absolute Gasteiger partial charge is 0.341 e. The molecule has 0 bridgehead atoms. The van der Waals surface area contributed by atoms with Crippen molar-refractivity contribution in [2.75, 3.05) is 6.61 Å². The van der Waals surface area contributed by atoms with E-state index >= 15 is 0 Å². The number of aryl methyl sites for hydroxylation is 1. The van der Waals surface area contributed by atoms with Gasteiger partial charge in [0.05, 0.1) is 6.26 Å². The first-order valence-electron chi connectivity index (χ1n) is 4.50. The van der Waals surface area contributed by atoms with Crippen LogP contribution >= 0.6 is 0 Å². The Balaban J connectivity index is 2.38. The Morgan fingerprint density at radius 3 is 3.07 bits per heavy atom. The number of carboxylic acid groups (broad SMARTS) is 1. The summed E-state index contributed by atoms with van der Waals surface area (Å²) in [6, 6.07) is 5.40. The highest BCUT2D eigenvalue weighted by Gasteiger charge is 2.08. The third-order valence-corrected chi connectivity index (χ3v) is 2.11. The second-order valence-corrected chi connectivity index (χ2v) is 3.23. The molecular weight excluding hydrogens is 196 g/mol. The molecule has 15 heavy (non-hydrogen) atoms. The Hall–Kier alpha value is -1.97. The minimum atomic E-state index is -1.00. The number of carbonyl (C=O) groups is 1. The molecule has 0 aliphatic heterocycles. The van der Waals surface area contributed by atoms with E-state index in [1.807, 2.05) is 19.1 Å². The monoisotopic (exact) mass is 206 g/mol. The molecule has 1 N–H and O–H groups in total. The van der Waals surface area contributed by atoms with E-state index in [1.54, 1.807) is 12.3 Å². The molecule has 78 valence electrons. The third kappa shape index (κ3) is 1.79. The standard InChI is InChI=1S/C11H10O4/c1-7-5-15-11-8(7)3-2-4-9(11)14-6-10(12)13/h2-5H,6H2,1H3,(H,12,13). The minimum Gasteiger partial charge on any atom is -0.479 e. The number of benzene rings is 1. The van der Waals surface area contributed by atoms with E-state index in [0.29, 0.717) is 11.3 Å². The van der Waals surface area contributed by atoms with Gasteiger partial charge in [-0.1, -0.05) is 12.1 Å². The van der Waals surface area contributed by atoms with Crippen LogP contribution < -0.4 is 4.74 Å². The summed E-state index contributed by atoms with van der Waals surface area (Å²) >= 11 is 0. The van der Waals surface area contributed by atoms with E-state index in [0.717, 1.165) is 10.9 Å². The number of ether oxygens (including phenoxy) is 1. The molecular formula is C11H10O4. The summed E-state index contributed by atoms with van der Waals surface area (Å²) in [6.45, 7) is 1.56. The summed E-state index contributed by atoms with van der Waals surface area (Å²) in [5, 5.41) is 9.44. The number of hydrogen-bond acceptors (Lipinski definition) is 3. The van der Waals surface area contributed by atoms with Gasteiger partial charge in [0.15, 0.2) is 17.9 Å². The number of rotatable bonds is 3. The molecule has 0 fully saturated rings. The van der Waals surface area contributed by atoms with Gasteiger partial charge in [0, 0.05) is 5.39 Å². The maximum absolute atomic E-state index is 10.4. The van der Waals surface area contributed by atoms with Crippen LogP contribution in [-0.4, -0.2) is 17.7 Å². The Morgan fingerprint density at radius 2 is 2.33 bits per heavy atom. The number of aliphatic carboxylic acids is 1. The molecule has 4 nitrogen and oxygen atoms in total. The van der Waals surface area contributed by atoms with Crippen LogP contribution in [0.3, 0.4) is 0 Å². The van der Waals surface area contributed by atoms with Gasteiger partial charge in [-0.05, 0) is 18.6 Å². The average molecular weight is 206 g/mol. The van der Waals surface area contributed by atoms with E-state index < -0.39 is 5.97 Å². The molecule has 2 aromatic rings. The molecule has 0 aliphatic carbocycles. The minimum absolute atomic E-state index is 0.362. The van der Waals surface area contributed by atoms with Gasteiger partial charge in [-0.25, -0.2) is 4.79 Å². The van der Waals surface area contributed by atoms with Crippen LogP contribution in [0.4, 0.5) is 0 Å². The molecule has 1 aromatic carbocycles. The van der Waals surface area contributed by atoms with Crippen molar-refractivity contribution in [3.8, 4) is 5.75 Å². The summed E-state index contributed by atoms with van der Waals surface area (Å²) in [5.41, 5.74) is 1.60. The van der Waals surface area contributed by atoms with Crippen LogP contribution in [0.1, 0.15) is 5.56 Å². The summed E-state index contributed by atoms with van der Waals surface area (Å²) in [6.07, 6.45) is 1.62. The van der Waals surface area contributed by atoms with Crippen molar-refractivity contribution >= 4 is 16.9 Å². The van der Waals surface area contributed by atoms with Gasteiger partial charge in [-0.3, -0.25) is 0 Å². The van der Waals surface area contributed by atoms with Gasteiger partial charge >= 0.3 is 5.97 Å². The van der Waals surface area contributed by atoms with Crippen LogP contribution in [0.2, 0.25) is 0 Å². The Morgan fingerprint density at radius 1 is 1.53 bits per heavy atom. The lowest BCUT2D eigenvalue weighted by Gasteiger charge is -2.02. The predicted octanol–water partition coefficient (Wildman–Crippen LogP) is 2.20. The molecule has 0 saturated carbocycles. The molecule has 1 aromatic heterocycles. The predicted molar refractivity (Wildman–Crippen MR) is 54.1 cm³/mol. The quantitative estimate of drug-likeness (QED) is 0.836. The lowest BCUT2D eigenvalue weighted by Crippen LogP contribution is -2.09. The van der Waals surface area contributed by atoms with Crippen molar-refractivity contribution < 1.29 is 19.1 Å². The summed E-state index contributed by atoms with van der Waals surface area (Å²) < 4.78 is 10.4. The fourth-order valence-corrected chi connectivity index (χ4v) is 1.41. The van der Waals surface area contributed by atoms with Gasteiger partial charge in [0.1, 0.15) is 0 Å². The highest BCUT2D eigenvalue weighted by Crippen LogP contribution is 2.29. The molecule has 0 saturated heterocycles. The van der Waals surface area contributed by atoms with E-state index in [1.165, 1.54) is 0 Å². The van der Waals surface area contributed by atoms with Crippen molar-refractivity contribution in [3.05, 3.63) is 30.0 Å². The Bertz CT molecular complexity index is 498. The average Bonchev–Trinajstić information content (AvgIpc) is 2.58. The van der Waals surface area contributed by atoms with E-state index in [9.17, 15) is 4.79 Å². The van der Waals surface area contributed by atoms with Gasteiger partial charge in [-0.15, -0.1) is 0 Å². The highest BCUT2D eigenvalue weighted by atomic mass is 16.5. The highest BCUT2D eigenvalue weighted by molar-refractivity contribution is 5.86. The second kappa shape index (κ2) is 3.65. The zero-order valence-electron chi connectivity index (χ0n) is 8.19. The molecule has 0 radical (unpaired) electrons. The summed E-state index contributed by atoms with van der Waals surface area (Å²) in [4.78, 5) is 10.4. The fraction of sp³-hybridized carbons (Fsp3) is 0.182. The summed E-state index contributed by atoms with van der Waals surface area (Å²) in [5.74, 6) is -0.543. The number of furan rings is 1. The van der Waals surface area contributed by atoms with Crippen molar-refractivity contribution in [1.29, 1.82) is 0 Å². The summed E-state index contributed by atoms with van der Waals surface area (Å²) in [7, 11) is 0. The first kappa shape index (κ1) is 9.58. The maximum Gasteiger partial charge on any atom is 0.341 e. The molecule has 0 atom stereocenters. The SMILES string of the molecule is Cc1coc2c(OCC(=O)O)cccc12. The van der Waals surface area contributed by atoms with Gasteiger partial charge in [-0.2, -0.15) is 0 Å². The molecule has 0 unspecified atom stereocenters. The molecule has 0 spiro atoms. The normalized spacial score (nSPS) is 10.5. The molecule has 2 rings (SSSR count). The number of para-hydroxylation sites is 1. The van der Waals surface area contributed by atoms with Crippen LogP contribution in [0.5, 0.6) is 5.75 Å². The van der Waals surface area contributed by atoms with E-state index in [4.69, 9.17) is 14.3 Å². The second-order valence-electron chi connectivity index (χ2n) is 3.23. The fourth-order valence-electron chi connectivity index (χ4n) is 1.41. The Kier molecular flexibility index (Phi) is 2.33. The van der Waals surface area contributed by atoms with Crippen LogP contribution in [0, 0.1) is 6.92 Å².